The lowest BCUT2D eigenvalue weighted by Crippen LogP contribution is -2.03. The molecule has 10 heteroatoms. The Morgan fingerprint density at radius 2 is 1.22 bits per heavy atom. The van der Waals surface area contributed by atoms with E-state index in [1.807, 2.05) is 0 Å². The van der Waals surface area contributed by atoms with Gasteiger partial charge in [0, 0.05) is 12.1 Å². The van der Waals surface area contributed by atoms with E-state index in [-0.39, 0.29) is 0 Å². The molecule has 2 aromatic rings. The quantitative estimate of drug-likeness (QED) is 0.465. The third-order valence-corrected chi connectivity index (χ3v) is 2.45. The standard InChI is InChI=1S/C7H5F3.C6H3FN2O4/c8-7(9,10)6-4-2-1-3-5-6;7-6-4(8(10)11)2-1-3-5(6)9(12)13/h1-5H;1-3H. The predicted octanol–water partition coefficient (Wildman–Crippen LogP) is 4.35. The number of hydrogen-bond donors (Lipinski definition) is 0. The van der Waals surface area contributed by atoms with Crippen molar-refractivity contribution in [3.05, 3.63) is 80.1 Å². The molecule has 0 N–H and O–H groups in total. The van der Waals surface area contributed by atoms with E-state index in [0.29, 0.717) is 0 Å². The van der Waals surface area contributed by atoms with Crippen molar-refractivity contribution in [2.24, 2.45) is 0 Å². The van der Waals surface area contributed by atoms with E-state index in [1.54, 1.807) is 6.07 Å². The number of nitrogens with zero attached hydrogens (tertiary/aromatic N) is 2. The van der Waals surface area contributed by atoms with Gasteiger partial charge in [0.1, 0.15) is 0 Å². The summed E-state index contributed by atoms with van der Waals surface area (Å²) in [5.41, 5.74) is -2.39. The normalized spacial score (nSPS) is 10.4. The minimum Gasteiger partial charge on any atom is -0.258 e. The van der Waals surface area contributed by atoms with Crippen molar-refractivity contribution in [1.29, 1.82) is 0 Å². The van der Waals surface area contributed by atoms with E-state index in [2.05, 4.69) is 0 Å². The van der Waals surface area contributed by atoms with Crippen molar-refractivity contribution in [3.8, 4) is 0 Å². The molecular formula is C13H8F4N2O4. The van der Waals surface area contributed by atoms with Crippen molar-refractivity contribution in [2.75, 3.05) is 0 Å². The number of nitro groups is 2. The van der Waals surface area contributed by atoms with Crippen LogP contribution in [0, 0.1) is 26.0 Å². The first-order chi connectivity index (χ1) is 10.6. The van der Waals surface area contributed by atoms with Crippen LogP contribution in [0.1, 0.15) is 5.56 Å². The molecular weight excluding hydrogens is 324 g/mol. The fraction of sp³-hybridized carbons (Fsp3) is 0.0769. The van der Waals surface area contributed by atoms with E-state index in [0.717, 1.165) is 30.3 Å². The van der Waals surface area contributed by atoms with Crippen LogP contribution in [-0.4, -0.2) is 9.85 Å². The SMILES string of the molecule is FC(F)(F)c1ccccc1.O=[N+]([O-])c1cccc([N+](=O)[O-])c1F. The fourth-order valence-corrected chi connectivity index (χ4v) is 1.42. The molecule has 0 radical (unpaired) electrons. The second-order valence-electron chi connectivity index (χ2n) is 3.99. The van der Waals surface area contributed by atoms with Gasteiger partial charge in [-0.1, -0.05) is 30.3 Å². The van der Waals surface area contributed by atoms with Gasteiger partial charge >= 0.3 is 17.6 Å². The molecule has 0 spiro atoms. The summed E-state index contributed by atoms with van der Waals surface area (Å²) in [6.07, 6.45) is -4.21. The van der Waals surface area contributed by atoms with Crippen molar-refractivity contribution in [2.45, 2.75) is 6.18 Å². The smallest absolute Gasteiger partial charge is 0.258 e. The van der Waals surface area contributed by atoms with Gasteiger partial charge < -0.3 is 0 Å². The highest BCUT2D eigenvalue weighted by molar-refractivity contribution is 5.44. The zero-order valence-corrected chi connectivity index (χ0v) is 11.2. The van der Waals surface area contributed by atoms with Gasteiger partial charge in [-0.3, -0.25) is 20.2 Å². The van der Waals surface area contributed by atoms with Crippen molar-refractivity contribution in [1.82, 2.24) is 0 Å². The second-order valence-corrected chi connectivity index (χ2v) is 3.99. The monoisotopic (exact) mass is 332 g/mol. The third-order valence-electron chi connectivity index (χ3n) is 2.45. The molecule has 0 heterocycles. The maximum absolute atomic E-state index is 12.9. The van der Waals surface area contributed by atoms with E-state index >= 15 is 0 Å². The Morgan fingerprint density at radius 3 is 1.52 bits per heavy atom. The Morgan fingerprint density at radius 1 is 0.783 bits per heavy atom. The van der Waals surface area contributed by atoms with Crippen LogP contribution in [-0.2, 0) is 6.18 Å². The van der Waals surface area contributed by atoms with Crippen LogP contribution in [0.5, 0.6) is 0 Å². The first-order valence-corrected chi connectivity index (χ1v) is 5.84. The molecule has 0 bridgehead atoms. The molecule has 0 aromatic heterocycles. The summed E-state index contributed by atoms with van der Waals surface area (Å²) in [6, 6.07) is 9.14. The predicted molar refractivity (Wildman–Crippen MR) is 71.2 cm³/mol. The average molecular weight is 332 g/mol. The first kappa shape index (κ1) is 18.0. The Hall–Kier alpha value is -3.04. The number of halogens is 4. The van der Waals surface area contributed by atoms with Crippen LogP contribution >= 0.6 is 0 Å². The molecule has 0 fully saturated rings. The molecule has 0 amide bonds. The van der Waals surface area contributed by atoms with Gasteiger partial charge in [0.25, 0.3) is 5.82 Å². The minimum atomic E-state index is -4.21. The highest BCUT2D eigenvalue weighted by atomic mass is 19.4. The first-order valence-electron chi connectivity index (χ1n) is 5.84. The zero-order chi connectivity index (χ0) is 17.6. The average Bonchev–Trinajstić information content (AvgIpc) is 2.47. The summed E-state index contributed by atoms with van der Waals surface area (Å²) in [5, 5.41) is 20.3. The van der Waals surface area contributed by atoms with Crippen LogP contribution in [0.15, 0.2) is 48.5 Å². The lowest BCUT2D eigenvalue weighted by molar-refractivity contribution is -0.399. The largest absolute Gasteiger partial charge is 0.416 e. The molecule has 122 valence electrons. The summed E-state index contributed by atoms with van der Waals surface area (Å²) in [5.74, 6) is -1.42. The maximum atomic E-state index is 12.9. The molecule has 0 saturated carbocycles. The van der Waals surface area contributed by atoms with Gasteiger partial charge in [0.15, 0.2) is 0 Å². The Balaban J connectivity index is 0.000000238. The molecule has 0 aliphatic rings. The molecule has 0 atom stereocenters. The minimum absolute atomic E-state index is 0.602. The van der Waals surface area contributed by atoms with Crippen molar-refractivity contribution < 1.29 is 27.4 Å². The summed E-state index contributed by atoms with van der Waals surface area (Å²) in [4.78, 5) is 18.3. The van der Waals surface area contributed by atoms with Crippen LogP contribution in [0.4, 0.5) is 28.9 Å². The lowest BCUT2D eigenvalue weighted by Gasteiger charge is -2.03. The van der Waals surface area contributed by atoms with E-state index in [1.165, 1.54) is 12.1 Å². The van der Waals surface area contributed by atoms with Gasteiger partial charge in [-0.2, -0.15) is 17.6 Å². The van der Waals surface area contributed by atoms with Crippen LogP contribution in [0.2, 0.25) is 0 Å². The molecule has 23 heavy (non-hydrogen) atoms. The van der Waals surface area contributed by atoms with Gasteiger partial charge in [0.05, 0.1) is 15.4 Å². The van der Waals surface area contributed by atoms with Crippen molar-refractivity contribution >= 4 is 11.4 Å². The van der Waals surface area contributed by atoms with E-state index in [9.17, 15) is 37.8 Å². The number of rotatable bonds is 2. The van der Waals surface area contributed by atoms with Crippen LogP contribution < -0.4 is 0 Å². The summed E-state index contributed by atoms with van der Waals surface area (Å²) in [6.45, 7) is 0. The molecule has 0 aliphatic heterocycles. The Kier molecular flexibility index (Phi) is 5.71. The lowest BCUT2D eigenvalue weighted by atomic mass is 10.2. The van der Waals surface area contributed by atoms with Gasteiger partial charge in [0.2, 0.25) is 0 Å². The summed E-state index contributed by atoms with van der Waals surface area (Å²) >= 11 is 0. The molecule has 2 rings (SSSR count). The highest BCUT2D eigenvalue weighted by Gasteiger charge is 2.29. The molecule has 0 saturated heterocycles. The van der Waals surface area contributed by atoms with E-state index in [4.69, 9.17) is 0 Å². The fourth-order valence-electron chi connectivity index (χ4n) is 1.42. The van der Waals surface area contributed by atoms with E-state index < -0.39 is 38.8 Å². The van der Waals surface area contributed by atoms with Crippen LogP contribution in [0.3, 0.4) is 0 Å². The highest BCUT2D eigenvalue weighted by Crippen LogP contribution is 2.28. The maximum Gasteiger partial charge on any atom is 0.416 e. The van der Waals surface area contributed by atoms with Gasteiger partial charge in [-0.15, -0.1) is 0 Å². The third kappa shape index (κ3) is 5.02. The van der Waals surface area contributed by atoms with Crippen molar-refractivity contribution in [3.63, 3.8) is 0 Å². The molecule has 0 unspecified atom stereocenters. The summed E-state index contributed by atoms with van der Waals surface area (Å²) in [7, 11) is 0. The number of nitro benzene ring substituents is 2. The molecule has 0 aliphatic carbocycles. The second kappa shape index (κ2) is 7.29. The molecule has 6 nitrogen and oxygen atoms in total. The zero-order valence-electron chi connectivity index (χ0n) is 11.2. The summed E-state index contributed by atoms with van der Waals surface area (Å²) < 4.78 is 48.3. The van der Waals surface area contributed by atoms with Crippen LogP contribution in [0.25, 0.3) is 0 Å². The van der Waals surface area contributed by atoms with Gasteiger partial charge in [-0.25, -0.2) is 0 Å². The number of hydrogen-bond acceptors (Lipinski definition) is 4. The Bertz CT molecular complexity index is 673. The number of alkyl halides is 3. The molecule has 2 aromatic carbocycles. The number of benzene rings is 2. The topological polar surface area (TPSA) is 86.3 Å². The Labute approximate surface area is 126 Å². The van der Waals surface area contributed by atoms with Gasteiger partial charge in [-0.05, 0) is 6.07 Å².